The van der Waals surface area contributed by atoms with Crippen molar-refractivity contribution in [3.05, 3.63) is 182 Å². The molecule has 0 amide bonds. The highest BCUT2D eigenvalue weighted by Gasteiger charge is 2.20. The average molecular weight is 775 g/mol. The molecular weight excluding hydrogens is 745 g/mol. The van der Waals surface area contributed by atoms with Crippen molar-refractivity contribution in [3.63, 3.8) is 0 Å². The largest absolute Gasteiger partial charge is 0.135 e. The molecule has 0 radical (unpaired) electrons. The normalized spacial score (nSPS) is 12.2. The molecule has 0 saturated carbocycles. The van der Waals surface area contributed by atoms with Gasteiger partial charge in [0.15, 0.2) is 0 Å². The van der Waals surface area contributed by atoms with E-state index in [0.717, 1.165) is 0 Å². The first-order chi connectivity index (χ1) is 28.3. The van der Waals surface area contributed by atoms with Crippen molar-refractivity contribution in [2.45, 2.75) is 0 Å². The summed E-state index contributed by atoms with van der Waals surface area (Å²) in [7, 11) is 0. The quantitative estimate of drug-likeness (QED) is 0.157. The van der Waals surface area contributed by atoms with Crippen molar-refractivity contribution in [2.75, 3.05) is 0 Å². The average Bonchev–Trinajstić information content (AvgIpc) is 3.96. The van der Waals surface area contributed by atoms with Crippen LogP contribution in [0.1, 0.15) is 0 Å². The van der Waals surface area contributed by atoms with Gasteiger partial charge < -0.3 is 0 Å². The second kappa shape index (κ2) is 12.1. The Bertz CT molecular complexity index is 3740. The fourth-order valence-electron chi connectivity index (χ4n) is 9.59. The summed E-state index contributed by atoms with van der Waals surface area (Å²) in [5.41, 5.74) is 7.60. The predicted octanol–water partition coefficient (Wildman–Crippen LogP) is 17.3. The third-order valence-electron chi connectivity index (χ3n) is 12.1. The van der Waals surface area contributed by atoms with Gasteiger partial charge in [0.2, 0.25) is 0 Å². The van der Waals surface area contributed by atoms with Gasteiger partial charge in [-0.3, -0.25) is 0 Å². The maximum Gasteiger partial charge on any atom is 0.0448 e. The van der Waals surface area contributed by atoms with E-state index in [1.807, 2.05) is 34.0 Å². The van der Waals surface area contributed by atoms with Gasteiger partial charge in [-0.25, -0.2) is 0 Å². The first-order valence-corrected chi connectivity index (χ1v) is 21.9. The topological polar surface area (TPSA) is 0 Å². The van der Waals surface area contributed by atoms with Crippen molar-refractivity contribution in [1.82, 2.24) is 0 Å². The van der Waals surface area contributed by atoms with Crippen LogP contribution in [0.4, 0.5) is 0 Å². The van der Waals surface area contributed by atoms with Gasteiger partial charge in [-0.05, 0) is 102 Å². The van der Waals surface area contributed by atoms with Crippen molar-refractivity contribution in [3.8, 4) is 33.4 Å². The lowest BCUT2D eigenvalue weighted by molar-refractivity contribution is 1.65. The summed E-state index contributed by atoms with van der Waals surface area (Å²) in [5.74, 6) is 0. The van der Waals surface area contributed by atoms with Crippen molar-refractivity contribution < 1.29 is 0 Å². The minimum absolute atomic E-state index is 1.23. The third kappa shape index (κ3) is 4.59. The van der Waals surface area contributed by atoms with Gasteiger partial charge in [-0.1, -0.05) is 146 Å². The van der Waals surface area contributed by atoms with Gasteiger partial charge in [0.1, 0.15) is 0 Å². The monoisotopic (exact) mass is 774 g/mol. The molecule has 0 bridgehead atoms. The summed E-state index contributed by atoms with van der Waals surface area (Å²) in [6, 6.07) is 68.2. The van der Waals surface area contributed by atoms with Crippen LogP contribution >= 0.6 is 34.0 Å². The SMILES string of the molecule is c1ccc2c(c1)sc1ccc(-c3c4ccccc4c(-c4ccc(-c5cc6sc7ccc8c9ccccc9sc8c7c6c6ccccc56)cc4)c4ccccc34)cc12. The summed E-state index contributed by atoms with van der Waals surface area (Å²) in [6.45, 7) is 0. The van der Waals surface area contributed by atoms with E-state index < -0.39 is 0 Å². The second-order valence-electron chi connectivity index (χ2n) is 15.1. The lowest BCUT2D eigenvalue weighted by Gasteiger charge is -2.18. The van der Waals surface area contributed by atoms with Crippen LogP contribution in [0.15, 0.2) is 182 Å². The number of fused-ring (bicyclic) bond motifs is 14. The Balaban J connectivity index is 0.996. The van der Waals surface area contributed by atoms with Crippen LogP contribution in [-0.2, 0) is 0 Å². The van der Waals surface area contributed by atoms with E-state index in [1.165, 1.54) is 126 Å². The molecule has 13 aromatic rings. The van der Waals surface area contributed by atoms with E-state index in [0.29, 0.717) is 0 Å². The van der Waals surface area contributed by atoms with Gasteiger partial charge in [0.05, 0.1) is 0 Å². The Labute approximate surface area is 340 Å². The van der Waals surface area contributed by atoms with Gasteiger partial charge >= 0.3 is 0 Å². The fourth-order valence-corrected chi connectivity index (χ4v) is 13.2. The maximum atomic E-state index is 2.45. The molecule has 0 nitrogen and oxygen atoms in total. The smallest absolute Gasteiger partial charge is 0.0448 e. The molecule has 0 aliphatic carbocycles. The Hall–Kier alpha value is -6.36. The highest BCUT2D eigenvalue weighted by Crippen LogP contribution is 2.49. The van der Waals surface area contributed by atoms with Crippen LogP contribution in [0, 0.1) is 0 Å². The molecule has 0 spiro atoms. The molecule has 0 aliphatic heterocycles. The molecule has 3 aromatic heterocycles. The Morgan fingerprint density at radius 2 is 0.719 bits per heavy atom. The van der Waals surface area contributed by atoms with Crippen LogP contribution in [-0.4, -0.2) is 0 Å². The van der Waals surface area contributed by atoms with Gasteiger partial charge in [-0.2, -0.15) is 0 Å². The van der Waals surface area contributed by atoms with Crippen LogP contribution in [0.25, 0.3) is 126 Å². The first-order valence-electron chi connectivity index (χ1n) is 19.4. The Morgan fingerprint density at radius 1 is 0.246 bits per heavy atom. The number of hydrogen-bond donors (Lipinski definition) is 0. The van der Waals surface area contributed by atoms with Crippen LogP contribution < -0.4 is 0 Å². The zero-order valence-corrected chi connectivity index (χ0v) is 33.0. The number of thiophene rings is 3. The van der Waals surface area contributed by atoms with Crippen LogP contribution in [0.2, 0.25) is 0 Å². The molecule has 0 unspecified atom stereocenters. The lowest BCUT2D eigenvalue weighted by atomic mass is 9.85. The number of rotatable bonds is 3. The zero-order chi connectivity index (χ0) is 37.2. The molecule has 3 heterocycles. The fraction of sp³-hybridized carbons (Fsp3) is 0. The van der Waals surface area contributed by atoms with E-state index in [1.54, 1.807) is 0 Å². The summed E-state index contributed by atoms with van der Waals surface area (Å²) in [4.78, 5) is 0. The highest BCUT2D eigenvalue weighted by atomic mass is 32.1. The minimum Gasteiger partial charge on any atom is -0.135 e. The predicted molar refractivity (Wildman–Crippen MR) is 254 cm³/mol. The number of hydrogen-bond acceptors (Lipinski definition) is 3. The molecule has 10 aromatic carbocycles. The Kier molecular flexibility index (Phi) is 6.73. The van der Waals surface area contributed by atoms with Crippen LogP contribution in [0.3, 0.4) is 0 Å². The van der Waals surface area contributed by atoms with Crippen molar-refractivity contribution in [1.29, 1.82) is 0 Å². The number of benzene rings is 10. The van der Waals surface area contributed by atoms with Gasteiger partial charge in [-0.15, -0.1) is 34.0 Å². The molecule has 3 heteroatoms. The van der Waals surface area contributed by atoms with Crippen LogP contribution in [0.5, 0.6) is 0 Å². The molecule has 0 fully saturated rings. The van der Waals surface area contributed by atoms with E-state index in [-0.39, 0.29) is 0 Å². The third-order valence-corrected chi connectivity index (χ3v) is 15.5. The Morgan fingerprint density at radius 3 is 1.40 bits per heavy atom. The molecule has 0 atom stereocenters. The molecule has 264 valence electrons. The molecule has 0 N–H and O–H groups in total. The first kappa shape index (κ1) is 31.8. The molecule has 57 heavy (non-hydrogen) atoms. The molecule has 0 saturated heterocycles. The lowest BCUT2D eigenvalue weighted by Crippen LogP contribution is -1.91. The standard InChI is InChI=1S/C54H30S3/c1-2-14-37-34(11-1)43(30-49-52(37)53-48(56-49)28-26-42-35-12-7-10-20-46(35)57-54(42)53)31-21-23-32(24-22-31)50-38-15-3-5-17-40(38)51(41-18-6-4-16-39(41)50)33-25-27-47-44(29-33)36-13-8-9-19-45(36)55-47/h1-30H. The summed E-state index contributed by atoms with van der Waals surface area (Å²) < 4.78 is 8.11. The molecular formula is C54H30S3. The highest BCUT2D eigenvalue weighted by molar-refractivity contribution is 7.30. The van der Waals surface area contributed by atoms with E-state index >= 15 is 0 Å². The zero-order valence-electron chi connectivity index (χ0n) is 30.5. The summed E-state index contributed by atoms with van der Waals surface area (Å²) in [6.07, 6.45) is 0. The van der Waals surface area contributed by atoms with E-state index in [4.69, 9.17) is 0 Å². The van der Waals surface area contributed by atoms with E-state index in [9.17, 15) is 0 Å². The maximum absolute atomic E-state index is 2.45. The van der Waals surface area contributed by atoms with Gasteiger partial charge in [0.25, 0.3) is 0 Å². The van der Waals surface area contributed by atoms with E-state index in [2.05, 4.69) is 182 Å². The van der Waals surface area contributed by atoms with Crippen molar-refractivity contribution >= 4 is 127 Å². The molecule has 0 aliphatic rings. The summed E-state index contributed by atoms with van der Waals surface area (Å²) >= 11 is 5.72. The second-order valence-corrected chi connectivity index (χ2v) is 18.3. The summed E-state index contributed by atoms with van der Waals surface area (Å²) in [5, 5.41) is 15.9. The van der Waals surface area contributed by atoms with Crippen molar-refractivity contribution in [2.24, 2.45) is 0 Å². The molecule has 13 rings (SSSR count). The van der Waals surface area contributed by atoms with Gasteiger partial charge in [0, 0.05) is 60.5 Å². The minimum atomic E-state index is 1.23.